The lowest BCUT2D eigenvalue weighted by atomic mass is 9.86. The molecular weight excluding hydrogens is 333 g/mol. The summed E-state index contributed by atoms with van der Waals surface area (Å²) in [6, 6.07) is 12.7. The van der Waals surface area contributed by atoms with E-state index in [4.69, 9.17) is 5.11 Å². The van der Waals surface area contributed by atoms with Crippen molar-refractivity contribution in [3.63, 3.8) is 0 Å². The van der Waals surface area contributed by atoms with Crippen LogP contribution in [-0.4, -0.2) is 17.0 Å². The lowest BCUT2D eigenvalue weighted by Crippen LogP contribution is -2.31. The number of benzene rings is 2. The lowest BCUT2D eigenvalue weighted by Gasteiger charge is -2.22. The van der Waals surface area contributed by atoms with Crippen molar-refractivity contribution in [3.05, 3.63) is 71.0 Å². The zero-order valence-corrected chi connectivity index (χ0v) is 15.3. The third-order valence-corrected chi connectivity index (χ3v) is 4.17. The molecule has 2 aromatic rings. The molecule has 0 radical (unpaired) electrons. The van der Waals surface area contributed by atoms with Crippen LogP contribution in [0.25, 0.3) is 0 Å². The molecule has 138 valence electrons. The van der Waals surface area contributed by atoms with Gasteiger partial charge in [-0.15, -0.1) is 0 Å². The first-order valence-electron chi connectivity index (χ1n) is 8.51. The van der Waals surface area contributed by atoms with Crippen molar-refractivity contribution < 1.29 is 19.1 Å². The third-order valence-electron chi connectivity index (χ3n) is 4.17. The van der Waals surface area contributed by atoms with Crippen LogP contribution >= 0.6 is 0 Å². The maximum Gasteiger partial charge on any atom is 0.305 e. The van der Waals surface area contributed by atoms with Crippen molar-refractivity contribution in [1.82, 2.24) is 5.32 Å². The molecule has 4 nitrogen and oxygen atoms in total. The Kier molecular flexibility index (Phi) is 6.14. The molecule has 0 fully saturated rings. The molecule has 2 aromatic carbocycles. The van der Waals surface area contributed by atoms with Gasteiger partial charge in [-0.1, -0.05) is 57.2 Å². The zero-order valence-electron chi connectivity index (χ0n) is 15.3. The van der Waals surface area contributed by atoms with Crippen LogP contribution in [0, 0.1) is 5.82 Å². The lowest BCUT2D eigenvalue weighted by molar-refractivity contribution is -0.137. The molecule has 1 atom stereocenters. The predicted molar refractivity (Wildman–Crippen MR) is 98.4 cm³/mol. The average molecular weight is 357 g/mol. The molecule has 0 spiro atoms. The summed E-state index contributed by atoms with van der Waals surface area (Å²) in [6.45, 7) is 6.30. The van der Waals surface area contributed by atoms with E-state index in [0.29, 0.717) is 5.56 Å². The largest absolute Gasteiger partial charge is 0.481 e. The molecule has 1 amide bonds. The van der Waals surface area contributed by atoms with Gasteiger partial charge in [0.25, 0.3) is 0 Å². The number of carboxylic acids is 1. The molecule has 2 rings (SSSR count). The smallest absolute Gasteiger partial charge is 0.305 e. The molecule has 0 aliphatic carbocycles. The van der Waals surface area contributed by atoms with E-state index >= 15 is 0 Å². The number of hydrogen-bond acceptors (Lipinski definition) is 2. The third kappa shape index (κ3) is 5.69. The first-order valence-corrected chi connectivity index (χ1v) is 8.51. The van der Waals surface area contributed by atoms with E-state index < -0.39 is 12.0 Å². The van der Waals surface area contributed by atoms with Crippen molar-refractivity contribution in [2.75, 3.05) is 0 Å². The normalized spacial score (nSPS) is 12.5. The Bertz CT molecular complexity index is 761. The van der Waals surface area contributed by atoms with Crippen LogP contribution in [0.4, 0.5) is 4.39 Å². The molecule has 26 heavy (non-hydrogen) atoms. The van der Waals surface area contributed by atoms with E-state index in [2.05, 4.69) is 26.1 Å². The number of halogens is 1. The van der Waals surface area contributed by atoms with Gasteiger partial charge in [-0.3, -0.25) is 9.59 Å². The summed E-state index contributed by atoms with van der Waals surface area (Å²) in [6.07, 6.45) is -0.138. The van der Waals surface area contributed by atoms with E-state index in [1.165, 1.54) is 12.1 Å². The predicted octanol–water partition coefficient (Wildman–Crippen LogP) is 4.00. The quantitative estimate of drug-likeness (QED) is 0.821. The van der Waals surface area contributed by atoms with E-state index in [-0.39, 0.29) is 30.0 Å². The van der Waals surface area contributed by atoms with Crippen LogP contribution in [0.15, 0.2) is 48.5 Å². The number of carbonyl (C=O) groups is 2. The van der Waals surface area contributed by atoms with Crippen LogP contribution in [0.1, 0.15) is 49.9 Å². The standard InChI is InChI=1S/C21H24FNO3/c1-21(2,3)16-8-6-15(7-9-16)18(13-20(25)26)23-19(24)12-14-4-10-17(22)11-5-14/h4-11,18H,12-13H2,1-3H3,(H,23,24)(H,25,26)/t18-/m1/s1. The molecule has 0 unspecified atom stereocenters. The van der Waals surface area contributed by atoms with Gasteiger partial charge in [-0.25, -0.2) is 4.39 Å². The van der Waals surface area contributed by atoms with Crippen LogP contribution in [0.2, 0.25) is 0 Å². The minimum Gasteiger partial charge on any atom is -0.481 e. The van der Waals surface area contributed by atoms with Gasteiger partial charge in [0.05, 0.1) is 18.9 Å². The van der Waals surface area contributed by atoms with E-state index in [1.807, 2.05) is 24.3 Å². The molecule has 0 aliphatic heterocycles. The Morgan fingerprint density at radius 2 is 1.62 bits per heavy atom. The van der Waals surface area contributed by atoms with Crippen molar-refractivity contribution in [2.24, 2.45) is 0 Å². The summed E-state index contributed by atoms with van der Waals surface area (Å²) in [4.78, 5) is 23.5. The highest BCUT2D eigenvalue weighted by atomic mass is 19.1. The van der Waals surface area contributed by atoms with E-state index in [9.17, 15) is 14.0 Å². The van der Waals surface area contributed by atoms with Gasteiger partial charge in [-0.05, 0) is 34.2 Å². The van der Waals surface area contributed by atoms with Crippen LogP contribution in [0.3, 0.4) is 0 Å². The minimum absolute atomic E-state index is 0.00729. The number of carboxylic acid groups (broad SMARTS) is 1. The topological polar surface area (TPSA) is 66.4 Å². The van der Waals surface area contributed by atoms with Crippen molar-refractivity contribution in [3.8, 4) is 0 Å². The highest BCUT2D eigenvalue weighted by Gasteiger charge is 2.20. The van der Waals surface area contributed by atoms with E-state index in [0.717, 1.165) is 11.1 Å². The molecule has 0 aliphatic rings. The maximum atomic E-state index is 12.9. The van der Waals surface area contributed by atoms with Crippen LogP contribution < -0.4 is 5.32 Å². The summed E-state index contributed by atoms with van der Waals surface area (Å²) < 4.78 is 12.9. The first kappa shape index (κ1) is 19.6. The Morgan fingerprint density at radius 1 is 1.04 bits per heavy atom. The first-order chi connectivity index (χ1) is 12.1. The molecule has 0 bridgehead atoms. The molecule has 5 heteroatoms. The van der Waals surface area contributed by atoms with Gasteiger partial charge in [0.2, 0.25) is 5.91 Å². The Labute approximate surface area is 153 Å². The summed E-state index contributed by atoms with van der Waals surface area (Å²) in [7, 11) is 0. The summed E-state index contributed by atoms with van der Waals surface area (Å²) in [5, 5.41) is 11.9. The Balaban J connectivity index is 2.12. The van der Waals surface area contributed by atoms with Crippen molar-refractivity contribution >= 4 is 11.9 Å². The second kappa shape index (κ2) is 8.13. The van der Waals surface area contributed by atoms with Gasteiger partial charge in [0, 0.05) is 0 Å². The summed E-state index contributed by atoms with van der Waals surface area (Å²) >= 11 is 0. The summed E-state index contributed by atoms with van der Waals surface area (Å²) in [5.41, 5.74) is 2.54. The van der Waals surface area contributed by atoms with Gasteiger partial charge in [0.1, 0.15) is 5.82 Å². The number of nitrogens with one attached hydrogen (secondary N) is 1. The second-order valence-corrected chi connectivity index (χ2v) is 7.39. The SMILES string of the molecule is CC(C)(C)c1ccc([C@@H](CC(=O)O)NC(=O)Cc2ccc(F)cc2)cc1. The van der Waals surface area contributed by atoms with Crippen LogP contribution in [0.5, 0.6) is 0 Å². The number of rotatable bonds is 6. The average Bonchev–Trinajstić information content (AvgIpc) is 2.55. The van der Waals surface area contributed by atoms with Gasteiger partial charge >= 0.3 is 5.97 Å². The van der Waals surface area contributed by atoms with Crippen molar-refractivity contribution in [1.29, 1.82) is 0 Å². The molecule has 0 saturated carbocycles. The summed E-state index contributed by atoms with van der Waals surface area (Å²) in [5.74, 6) is -1.66. The van der Waals surface area contributed by atoms with Crippen molar-refractivity contribution in [2.45, 2.75) is 45.1 Å². The molecule has 0 heterocycles. The van der Waals surface area contributed by atoms with Gasteiger partial charge in [-0.2, -0.15) is 0 Å². The number of aliphatic carboxylic acids is 1. The molecule has 0 saturated heterocycles. The minimum atomic E-state index is -0.989. The monoisotopic (exact) mass is 357 g/mol. The highest BCUT2D eigenvalue weighted by molar-refractivity contribution is 5.80. The highest BCUT2D eigenvalue weighted by Crippen LogP contribution is 2.25. The fraction of sp³-hybridized carbons (Fsp3) is 0.333. The van der Waals surface area contributed by atoms with Crippen LogP contribution in [-0.2, 0) is 21.4 Å². The van der Waals surface area contributed by atoms with Gasteiger partial charge in [0.15, 0.2) is 0 Å². The Morgan fingerprint density at radius 3 is 2.12 bits per heavy atom. The fourth-order valence-corrected chi connectivity index (χ4v) is 2.68. The maximum absolute atomic E-state index is 12.9. The molecular formula is C21H24FNO3. The zero-order chi connectivity index (χ0) is 19.3. The van der Waals surface area contributed by atoms with Gasteiger partial charge < -0.3 is 10.4 Å². The number of carbonyl (C=O) groups excluding carboxylic acids is 1. The van der Waals surface area contributed by atoms with E-state index in [1.54, 1.807) is 12.1 Å². The number of amides is 1. The molecule has 0 aromatic heterocycles. The second-order valence-electron chi connectivity index (χ2n) is 7.39. The number of hydrogen-bond donors (Lipinski definition) is 2. The Hall–Kier alpha value is -2.69. The fourth-order valence-electron chi connectivity index (χ4n) is 2.68. The molecule has 2 N–H and O–H groups in total.